The van der Waals surface area contributed by atoms with Gasteiger partial charge >= 0.3 is 0 Å². The SMILES string of the molecule is CCOC(CCCCCCCC[P+](c1ccccc1)(c1ccccc1)c1ccccc1)OCC.[Cl-]. The van der Waals surface area contributed by atoms with Crippen LogP contribution in [-0.4, -0.2) is 25.7 Å². The van der Waals surface area contributed by atoms with E-state index in [-0.39, 0.29) is 18.7 Å². The summed E-state index contributed by atoms with van der Waals surface area (Å²) in [6.45, 7) is 5.52. The van der Waals surface area contributed by atoms with Crippen LogP contribution in [0.3, 0.4) is 0 Å². The van der Waals surface area contributed by atoms with Gasteiger partial charge in [0, 0.05) is 13.2 Å². The third-order valence-electron chi connectivity index (χ3n) is 6.48. The molecule has 0 saturated heterocycles. The van der Waals surface area contributed by atoms with Gasteiger partial charge in [-0.2, -0.15) is 0 Å². The summed E-state index contributed by atoms with van der Waals surface area (Å²) in [4.78, 5) is 0. The van der Waals surface area contributed by atoms with Crippen molar-refractivity contribution in [3.8, 4) is 0 Å². The van der Waals surface area contributed by atoms with E-state index in [0.29, 0.717) is 0 Å². The fraction of sp³-hybridized carbons (Fsp3) is 0.419. The number of unbranched alkanes of at least 4 members (excludes halogenated alkanes) is 5. The van der Waals surface area contributed by atoms with Gasteiger partial charge in [-0.1, -0.05) is 73.9 Å². The fourth-order valence-corrected chi connectivity index (χ4v) is 9.25. The molecule has 3 rings (SSSR count). The lowest BCUT2D eigenvalue weighted by Crippen LogP contribution is -3.00. The van der Waals surface area contributed by atoms with Gasteiger partial charge in [0.25, 0.3) is 0 Å². The molecule has 0 fully saturated rings. The van der Waals surface area contributed by atoms with Gasteiger partial charge in [0.2, 0.25) is 0 Å². The Kier molecular flexibility index (Phi) is 14.2. The van der Waals surface area contributed by atoms with Gasteiger partial charge in [0.05, 0.1) is 6.16 Å². The molecule has 3 aromatic rings. The van der Waals surface area contributed by atoms with Crippen LogP contribution in [0.1, 0.15) is 58.8 Å². The van der Waals surface area contributed by atoms with Crippen LogP contribution in [0.25, 0.3) is 0 Å². The molecule has 0 aliphatic rings. The molecule has 0 aliphatic heterocycles. The van der Waals surface area contributed by atoms with Crippen LogP contribution in [-0.2, 0) is 9.47 Å². The van der Waals surface area contributed by atoms with Crippen LogP contribution < -0.4 is 28.3 Å². The zero-order chi connectivity index (χ0) is 23.9. The van der Waals surface area contributed by atoms with Crippen LogP contribution in [0.4, 0.5) is 0 Å². The van der Waals surface area contributed by atoms with Crippen LogP contribution in [0.15, 0.2) is 91.0 Å². The molecule has 4 heteroatoms. The zero-order valence-corrected chi connectivity index (χ0v) is 23.1. The average molecular weight is 513 g/mol. The van der Waals surface area contributed by atoms with E-state index in [1.807, 2.05) is 13.8 Å². The second-order valence-electron chi connectivity index (χ2n) is 8.79. The van der Waals surface area contributed by atoms with E-state index in [4.69, 9.17) is 9.47 Å². The molecule has 0 N–H and O–H groups in total. The molecule has 0 unspecified atom stereocenters. The van der Waals surface area contributed by atoms with E-state index >= 15 is 0 Å². The van der Waals surface area contributed by atoms with Crippen molar-refractivity contribution in [3.63, 3.8) is 0 Å². The van der Waals surface area contributed by atoms with Crippen molar-refractivity contribution in [2.45, 2.75) is 65.1 Å². The Balaban J connectivity index is 0.00000432. The van der Waals surface area contributed by atoms with Crippen LogP contribution in [0.2, 0.25) is 0 Å². The molecule has 2 nitrogen and oxygen atoms in total. The monoisotopic (exact) mass is 512 g/mol. The summed E-state index contributed by atoms with van der Waals surface area (Å²) < 4.78 is 11.3. The first-order valence-corrected chi connectivity index (χ1v) is 15.1. The Hall–Kier alpha value is -1.70. The van der Waals surface area contributed by atoms with Crippen molar-refractivity contribution in [2.75, 3.05) is 19.4 Å². The smallest absolute Gasteiger partial charge is 0.157 e. The predicted molar refractivity (Wildman–Crippen MR) is 149 cm³/mol. The summed E-state index contributed by atoms with van der Waals surface area (Å²) >= 11 is 0. The van der Waals surface area contributed by atoms with E-state index < -0.39 is 7.26 Å². The molecule has 0 atom stereocenters. The summed E-state index contributed by atoms with van der Waals surface area (Å²) in [5.74, 6) is 0. The molecule has 0 heterocycles. The maximum absolute atomic E-state index is 5.67. The lowest BCUT2D eigenvalue weighted by Gasteiger charge is -2.27. The highest BCUT2D eigenvalue weighted by atomic mass is 35.5. The first-order chi connectivity index (χ1) is 16.8. The maximum atomic E-state index is 5.67. The van der Waals surface area contributed by atoms with E-state index in [1.54, 1.807) is 0 Å². The highest BCUT2D eigenvalue weighted by Crippen LogP contribution is 2.55. The van der Waals surface area contributed by atoms with Crippen molar-refractivity contribution >= 4 is 23.2 Å². The lowest BCUT2D eigenvalue weighted by atomic mass is 10.1. The number of rotatable bonds is 16. The largest absolute Gasteiger partial charge is 1.00 e. The third-order valence-corrected chi connectivity index (χ3v) is 11.0. The van der Waals surface area contributed by atoms with Crippen LogP contribution in [0.5, 0.6) is 0 Å². The van der Waals surface area contributed by atoms with Crippen molar-refractivity contribution in [1.82, 2.24) is 0 Å². The van der Waals surface area contributed by atoms with Crippen LogP contribution in [0, 0.1) is 0 Å². The molecule has 35 heavy (non-hydrogen) atoms. The Morgan fingerprint density at radius 2 is 0.914 bits per heavy atom. The second kappa shape index (κ2) is 16.9. The Bertz CT molecular complexity index is 802. The fourth-order valence-electron chi connectivity index (χ4n) is 4.84. The molecular weight excluding hydrogens is 471 g/mol. The summed E-state index contributed by atoms with van der Waals surface area (Å²) in [6, 6.07) is 33.7. The highest BCUT2D eigenvalue weighted by Gasteiger charge is 2.44. The van der Waals surface area contributed by atoms with Gasteiger partial charge in [-0.25, -0.2) is 0 Å². The predicted octanol–water partition coefficient (Wildman–Crippen LogP) is 4.11. The summed E-state index contributed by atoms with van der Waals surface area (Å²) in [6.07, 6.45) is 9.77. The second-order valence-corrected chi connectivity index (χ2v) is 12.4. The first kappa shape index (κ1) is 29.5. The average Bonchev–Trinajstić information content (AvgIpc) is 2.90. The molecule has 190 valence electrons. The maximum Gasteiger partial charge on any atom is 0.157 e. The van der Waals surface area contributed by atoms with E-state index in [0.717, 1.165) is 19.6 Å². The van der Waals surface area contributed by atoms with E-state index in [2.05, 4.69) is 91.0 Å². The normalized spacial score (nSPS) is 11.4. The molecule has 0 saturated carbocycles. The lowest BCUT2D eigenvalue weighted by molar-refractivity contribution is -0.140. The molecular formula is C31H42ClO2P. The third kappa shape index (κ3) is 8.72. The number of halogens is 1. The topological polar surface area (TPSA) is 18.5 Å². The molecule has 0 radical (unpaired) electrons. The van der Waals surface area contributed by atoms with Gasteiger partial charge in [-0.15, -0.1) is 0 Å². The number of hydrogen-bond donors (Lipinski definition) is 0. The van der Waals surface area contributed by atoms with Crippen molar-refractivity contribution in [1.29, 1.82) is 0 Å². The molecule has 0 aliphatic carbocycles. The molecule has 0 spiro atoms. The first-order valence-electron chi connectivity index (χ1n) is 13.1. The van der Waals surface area contributed by atoms with Crippen molar-refractivity contribution in [2.24, 2.45) is 0 Å². The van der Waals surface area contributed by atoms with Crippen LogP contribution >= 0.6 is 7.26 Å². The standard InChI is InChI=1S/C31H42O2P.ClH/c1-3-32-31(33-4-2)26-18-7-5-6-8-19-27-34(28-20-12-9-13-21-28,29-22-14-10-15-23-29)30-24-16-11-17-25-30;/h9-17,20-25,31H,3-8,18-19,26-27H2,1-2H3;1H/q+1;/p-1. The number of hydrogen-bond acceptors (Lipinski definition) is 2. The Labute approximate surface area is 220 Å². The van der Waals surface area contributed by atoms with Crippen molar-refractivity contribution < 1.29 is 21.9 Å². The zero-order valence-electron chi connectivity index (χ0n) is 21.5. The van der Waals surface area contributed by atoms with Gasteiger partial charge in [0.1, 0.15) is 23.2 Å². The molecule has 0 aromatic heterocycles. The minimum absolute atomic E-state index is 0. The quantitative estimate of drug-likeness (QED) is 0.163. The minimum atomic E-state index is -1.68. The van der Waals surface area contributed by atoms with Gasteiger partial charge in [-0.05, 0) is 75.9 Å². The van der Waals surface area contributed by atoms with Crippen molar-refractivity contribution in [3.05, 3.63) is 91.0 Å². The Morgan fingerprint density at radius 3 is 1.31 bits per heavy atom. The minimum Gasteiger partial charge on any atom is -1.00 e. The number of benzene rings is 3. The van der Waals surface area contributed by atoms with E-state index in [9.17, 15) is 0 Å². The van der Waals surface area contributed by atoms with Gasteiger partial charge in [-0.3, -0.25) is 0 Å². The molecule has 3 aromatic carbocycles. The summed E-state index contributed by atoms with van der Waals surface area (Å²) in [5, 5.41) is 4.47. The van der Waals surface area contributed by atoms with Gasteiger partial charge in [0.15, 0.2) is 6.29 Å². The summed E-state index contributed by atoms with van der Waals surface area (Å²) in [7, 11) is -1.68. The Morgan fingerprint density at radius 1 is 0.543 bits per heavy atom. The van der Waals surface area contributed by atoms with E-state index in [1.165, 1.54) is 60.6 Å². The molecule has 0 amide bonds. The highest BCUT2D eigenvalue weighted by molar-refractivity contribution is 7.95. The summed E-state index contributed by atoms with van der Waals surface area (Å²) in [5.41, 5.74) is 0. The molecule has 0 bridgehead atoms. The number of ether oxygens (including phenoxy) is 2. The van der Waals surface area contributed by atoms with Gasteiger partial charge < -0.3 is 21.9 Å².